The normalized spacial score (nSPS) is 23.6. The molecule has 2 heterocycles. The molecule has 3 rings (SSSR count). The molecule has 0 radical (unpaired) electrons. The molecule has 1 aromatic rings. The summed E-state index contributed by atoms with van der Waals surface area (Å²) in [4.78, 5) is 54.4. The second kappa shape index (κ2) is 12.3. The number of ether oxygens (including phenoxy) is 1. The van der Waals surface area contributed by atoms with Crippen molar-refractivity contribution in [1.29, 1.82) is 0 Å². The van der Waals surface area contributed by atoms with Gasteiger partial charge in [0.2, 0.25) is 17.7 Å². The Morgan fingerprint density at radius 3 is 2.50 bits per heavy atom. The first-order valence-corrected chi connectivity index (χ1v) is 13.9. The molecule has 210 valence electrons. The standard InChI is InChI=1S/C29H44N4O5/c1-6-38-25(35)23(20(4)5)32-26(36)28(30,18-21-12-8-7-9-13-21)14-10-15-29-16-11-17-33(29)24(34)22(19(2)3)31-27(29)37/h7-9,12-13,19-20,22-23H,6,10-11,14-18,30H2,1-5H3,(H,31,37)(H,32,36)/t22-,23-,28+,29+/m0/s1. The summed E-state index contributed by atoms with van der Waals surface area (Å²) in [5, 5.41) is 5.81. The number of benzene rings is 1. The Labute approximate surface area is 226 Å². The maximum absolute atomic E-state index is 13.6. The Morgan fingerprint density at radius 1 is 1.21 bits per heavy atom. The molecule has 3 amide bonds. The molecule has 0 saturated carbocycles. The summed E-state index contributed by atoms with van der Waals surface area (Å²) < 4.78 is 5.18. The monoisotopic (exact) mass is 528 g/mol. The third kappa shape index (κ3) is 6.20. The van der Waals surface area contributed by atoms with E-state index in [0.29, 0.717) is 25.8 Å². The van der Waals surface area contributed by atoms with Crippen LogP contribution in [0.2, 0.25) is 0 Å². The Balaban J connectivity index is 1.80. The zero-order chi connectivity index (χ0) is 28.1. The van der Waals surface area contributed by atoms with Gasteiger partial charge in [-0.1, -0.05) is 58.0 Å². The Bertz CT molecular complexity index is 1010. The molecule has 9 nitrogen and oxygen atoms in total. The molecule has 38 heavy (non-hydrogen) atoms. The van der Waals surface area contributed by atoms with E-state index in [9.17, 15) is 19.2 Å². The van der Waals surface area contributed by atoms with Crippen molar-refractivity contribution in [2.24, 2.45) is 17.6 Å². The molecular weight excluding hydrogens is 484 g/mol. The van der Waals surface area contributed by atoms with Crippen LogP contribution in [0.1, 0.15) is 72.3 Å². The van der Waals surface area contributed by atoms with Crippen LogP contribution in [-0.2, 0) is 30.3 Å². The highest BCUT2D eigenvalue weighted by Gasteiger charge is 2.55. The molecule has 2 fully saturated rings. The number of nitrogens with two attached hydrogens (primary N) is 1. The number of hydrogen-bond donors (Lipinski definition) is 3. The fraction of sp³-hybridized carbons (Fsp3) is 0.655. The summed E-state index contributed by atoms with van der Waals surface area (Å²) in [6.07, 6.45) is 2.79. The number of nitrogens with one attached hydrogen (secondary N) is 2. The van der Waals surface area contributed by atoms with Crippen LogP contribution in [0, 0.1) is 11.8 Å². The molecule has 2 saturated heterocycles. The van der Waals surface area contributed by atoms with Gasteiger partial charge in [0.1, 0.15) is 17.6 Å². The zero-order valence-electron chi connectivity index (χ0n) is 23.4. The van der Waals surface area contributed by atoms with E-state index >= 15 is 0 Å². The van der Waals surface area contributed by atoms with Gasteiger partial charge < -0.3 is 26.0 Å². The Hall–Kier alpha value is -2.94. The van der Waals surface area contributed by atoms with Crippen molar-refractivity contribution in [2.75, 3.05) is 13.2 Å². The second-order valence-electron chi connectivity index (χ2n) is 11.4. The van der Waals surface area contributed by atoms with E-state index in [2.05, 4.69) is 10.6 Å². The van der Waals surface area contributed by atoms with Gasteiger partial charge >= 0.3 is 5.97 Å². The SMILES string of the molecule is CCOC(=O)[C@@H](NC(=O)[C@@](N)(CCC[C@]12CCCN1C(=O)[C@H](C(C)C)NC2=O)Cc1ccccc1)C(C)C. The number of fused-ring (bicyclic) bond motifs is 1. The van der Waals surface area contributed by atoms with Gasteiger partial charge in [-0.2, -0.15) is 0 Å². The second-order valence-corrected chi connectivity index (χ2v) is 11.4. The molecule has 0 aromatic heterocycles. The molecule has 0 unspecified atom stereocenters. The van der Waals surface area contributed by atoms with Gasteiger partial charge in [0.25, 0.3) is 0 Å². The third-order valence-corrected chi connectivity index (χ3v) is 7.92. The molecule has 0 aliphatic carbocycles. The van der Waals surface area contributed by atoms with Gasteiger partial charge in [-0.15, -0.1) is 0 Å². The Morgan fingerprint density at radius 2 is 1.89 bits per heavy atom. The van der Waals surface area contributed by atoms with Crippen LogP contribution in [0.3, 0.4) is 0 Å². The van der Waals surface area contributed by atoms with E-state index in [1.165, 1.54) is 0 Å². The molecule has 4 N–H and O–H groups in total. The van der Waals surface area contributed by atoms with E-state index < -0.39 is 35.0 Å². The number of piperazine rings is 1. The van der Waals surface area contributed by atoms with Gasteiger partial charge in [-0.3, -0.25) is 14.4 Å². The van der Waals surface area contributed by atoms with Gasteiger partial charge in [0.15, 0.2) is 0 Å². The highest BCUT2D eigenvalue weighted by atomic mass is 16.5. The lowest BCUT2D eigenvalue weighted by atomic mass is 9.80. The van der Waals surface area contributed by atoms with Crippen LogP contribution in [0.4, 0.5) is 0 Å². The first kappa shape index (κ1) is 29.6. The van der Waals surface area contributed by atoms with Crippen molar-refractivity contribution in [3.05, 3.63) is 35.9 Å². The smallest absolute Gasteiger partial charge is 0.328 e. The van der Waals surface area contributed by atoms with Crippen LogP contribution in [-0.4, -0.2) is 64.9 Å². The number of hydrogen-bond acceptors (Lipinski definition) is 6. The van der Waals surface area contributed by atoms with Crippen LogP contribution in [0.15, 0.2) is 30.3 Å². The average Bonchev–Trinajstić information content (AvgIpc) is 3.31. The van der Waals surface area contributed by atoms with E-state index in [0.717, 1.165) is 12.0 Å². The summed E-state index contributed by atoms with van der Waals surface area (Å²) in [7, 11) is 0. The van der Waals surface area contributed by atoms with Gasteiger partial charge in [0, 0.05) is 6.54 Å². The van der Waals surface area contributed by atoms with Crippen LogP contribution in [0.5, 0.6) is 0 Å². The van der Waals surface area contributed by atoms with Crippen molar-refractivity contribution in [3.8, 4) is 0 Å². The summed E-state index contributed by atoms with van der Waals surface area (Å²) in [6, 6.07) is 8.17. The average molecular weight is 529 g/mol. The lowest BCUT2D eigenvalue weighted by Gasteiger charge is -2.45. The number of rotatable bonds is 12. The zero-order valence-corrected chi connectivity index (χ0v) is 23.4. The van der Waals surface area contributed by atoms with Gasteiger partial charge in [0.05, 0.1) is 12.1 Å². The van der Waals surface area contributed by atoms with Crippen LogP contribution < -0.4 is 16.4 Å². The third-order valence-electron chi connectivity index (χ3n) is 7.92. The lowest BCUT2D eigenvalue weighted by Crippen LogP contribution is -2.69. The largest absolute Gasteiger partial charge is 0.464 e. The number of amides is 3. The molecule has 4 atom stereocenters. The highest BCUT2D eigenvalue weighted by molar-refractivity contribution is 6.00. The molecule has 2 aliphatic heterocycles. The maximum Gasteiger partial charge on any atom is 0.328 e. The lowest BCUT2D eigenvalue weighted by molar-refractivity contribution is -0.156. The van der Waals surface area contributed by atoms with E-state index in [-0.39, 0.29) is 43.1 Å². The number of carbonyl (C=O) groups is 4. The summed E-state index contributed by atoms with van der Waals surface area (Å²) in [6.45, 7) is 10.0. The summed E-state index contributed by atoms with van der Waals surface area (Å²) >= 11 is 0. The van der Waals surface area contributed by atoms with E-state index in [4.69, 9.17) is 10.5 Å². The summed E-state index contributed by atoms with van der Waals surface area (Å²) in [5.41, 5.74) is 5.49. The fourth-order valence-electron chi connectivity index (χ4n) is 5.72. The maximum atomic E-state index is 13.6. The van der Waals surface area contributed by atoms with Gasteiger partial charge in [-0.25, -0.2) is 4.79 Å². The minimum Gasteiger partial charge on any atom is -0.464 e. The number of carbonyl (C=O) groups excluding carboxylic acids is 4. The van der Waals surface area contributed by atoms with Crippen LogP contribution in [0.25, 0.3) is 0 Å². The quantitative estimate of drug-likeness (QED) is 0.357. The van der Waals surface area contributed by atoms with Crippen molar-refractivity contribution in [1.82, 2.24) is 15.5 Å². The predicted molar refractivity (Wildman–Crippen MR) is 145 cm³/mol. The first-order chi connectivity index (χ1) is 17.9. The summed E-state index contributed by atoms with van der Waals surface area (Å²) in [5.74, 6) is -1.26. The van der Waals surface area contributed by atoms with E-state index in [1.807, 2.05) is 58.0 Å². The molecule has 2 aliphatic rings. The minimum absolute atomic E-state index is 0.00427. The number of esters is 1. The topological polar surface area (TPSA) is 131 Å². The predicted octanol–water partition coefficient (Wildman–Crippen LogP) is 2.32. The van der Waals surface area contributed by atoms with Crippen LogP contribution >= 0.6 is 0 Å². The molecule has 0 bridgehead atoms. The Kier molecular flexibility index (Phi) is 9.57. The molecular formula is C29H44N4O5. The van der Waals surface area contributed by atoms with Crippen molar-refractivity contribution < 1.29 is 23.9 Å². The van der Waals surface area contributed by atoms with Crippen molar-refractivity contribution in [3.63, 3.8) is 0 Å². The number of nitrogens with zero attached hydrogens (tertiary/aromatic N) is 1. The molecule has 9 heteroatoms. The molecule has 0 spiro atoms. The van der Waals surface area contributed by atoms with Crippen molar-refractivity contribution >= 4 is 23.7 Å². The first-order valence-electron chi connectivity index (χ1n) is 13.9. The minimum atomic E-state index is -1.32. The molecule has 1 aromatic carbocycles. The van der Waals surface area contributed by atoms with Crippen molar-refractivity contribution in [2.45, 2.75) is 96.3 Å². The fourth-order valence-corrected chi connectivity index (χ4v) is 5.72. The van der Waals surface area contributed by atoms with Gasteiger partial charge in [-0.05, 0) is 62.8 Å². The highest BCUT2D eigenvalue weighted by Crippen LogP contribution is 2.39. The van der Waals surface area contributed by atoms with E-state index in [1.54, 1.807) is 11.8 Å².